The Kier molecular flexibility index (Phi) is 5.70. The predicted molar refractivity (Wildman–Crippen MR) is 83.4 cm³/mol. The lowest BCUT2D eigenvalue weighted by molar-refractivity contribution is 0.0525. The molecule has 1 aliphatic heterocycles. The van der Waals surface area contributed by atoms with E-state index in [0.717, 1.165) is 23.8 Å². The van der Waals surface area contributed by atoms with Gasteiger partial charge in [-0.25, -0.2) is 0 Å². The Labute approximate surface area is 120 Å². The molecule has 1 aliphatic carbocycles. The number of nitrogens with one attached hydrogen (secondary N) is 1. The molecule has 0 aromatic heterocycles. The molecule has 0 aromatic rings. The van der Waals surface area contributed by atoms with Crippen molar-refractivity contribution in [3.63, 3.8) is 0 Å². The van der Waals surface area contributed by atoms with Gasteiger partial charge in [0.1, 0.15) is 0 Å². The van der Waals surface area contributed by atoms with Crippen molar-refractivity contribution in [2.75, 3.05) is 19.6 Å². The number of rotatable bonds is 4. The van der Waals surface area contributed by atoms with Crippen LogP contribution in [0.5, 0.6) is 0 Å². The smallest absolute Gasteiger partial charge is 0.0249 e. The summed E-state index contributed by atoms with van der Waals surface area (Å²) in [7, 11) is 0. The van der Waals surface area contributed by atoms with Crippen LogP contribution in [0.15, 0.2) is 0 Å². The van der Waals surface area contributed by atoms with Crippen molar-refractivity contribution in [1.82, 2.24) is 10.2 Å². The first-order chi connectivity index (χ1) is 9.08. The van der Waals surface area contributed by atoms with E-state index in [0.29, 0.717) is 6.04 Å². The zero-order valence-electron chi connectivity index (χ0n) is 13.5. The fourth-order valence-corrected chi connectivity index (χ4v) is 3.96. The molecule has 2 aliphatic rings. The highest BCUT2D eigenvalue weighted by Gasteiger charge is 2.34. The lowest BCUT2D eigenvalue weighted by Gasteiger charge is -2.46. The molecule has 1 saturated heterocycles. The topological polar surface area (TPSA) is 15.3 Å². The minimum absolute atomic E-state index is 0.693. The SMILES string of the molecule is CC(C)CN1CC(C(C)C)NCC1C1CCCCC1. The second-order valence-corrected chi connectivity index (χ2v) is 7.57. The molecule has 2 unspecified atom stereocenters. The van der Waals surface area contributed by atoms with Crippen LogP contribution in [0, 0.1) is 17.8 Å². The molecule has 2 atom stereocenters. The third-order valence-electron chi connectivity index (χ3n) is 5.09. The zero-order chi connectivity index (χ0) is 13.8. The molecule has 19 heavy (non-hydrogen) atoms. The van der Waals surface area contributed by atoms with Gasteiger partial charge in [0, 0.05) is 31.7 Å². The van der Waals surface area contributed by atoms with Crippen molar-refractivity contribution in [2.45, 2.75) is 71.9 Å². The van der Waals surface area contributed by atoms with E-state index in [2.05, 4.69) is 37.9 Å². The van der Waals surface area contributed by atoms with Crippen molar-refractivity contribution in [2.24, 2.45) is 17.8 Å². The molecule has 1 heterocycles. The van der Waals surface area contributed by atoms with Gasteiger partial charge in [-0.3, -0.25) is 4.90 Å². The Bertz CT molecular complexity index is 256. The monoisotopic (exact) mass is 266 g/mol. The van der Waals surface area contributed by atoms with Crippen molar-refractivity contribution in [3.05, 3.63) is 0 Å². The summed E-state index contributed by atoms with van der Waals surface area (Å²) in [6.07, 6.45) is 7.32. The molecule has 112 valence electrons. The first kappa shape index (κ1) is 15.3. The van der Waals surface area contributed by atoms with E-state index in [-0.39, 0.29) is 0 Å². The van der Waals surface area contributed by atoms with E-state index < -0.39 is 0 Å². The maximum atomic E-state index is 3.83. The molecule has 0 aromatic carbocycles. The van der Waals surface area contributed by atoms with Gasteiger partial charge >= 0.3 is 0 Å². The Morgan fingerprint density at radius 1 is 1.05 bits per heavy atom. The number of hydrogen-bond donors (Lipinski definition) is 1. The predicted octanol–water partition coefficient (Wildman–Crippen LogP) is 3.52. The zero-order valence-corrected chi connectivity index (χ0v) is 13.5. The average molecular weight is 266 g/mol. The van der Waals surface area contributed by atoms with Gasteiger partial charge in [-0.15, -0.1) is 0 Å². The molecule has 2 fully saturated rings. The van der Waals surface area contributed by atoms with E-state index in [1.807, 2.05) is 0 Å². The summed E-state index contributed by atoms with van der Waals surface area (Å²) in [5.41, 5.74) is 0. The van der Waals surface area contributed by atoms with Gasteiger partial charge in [0.2, 0.25) is 0 Å². The lowest BCUT2D eigenvalue weighted by Crippen LogP contribution is -2.61. The summed E-state index contributed by atoms with van der Waals surface area (Å²) >= 11 is 0. The summed E-state index contributed by atoms with van der Waals surface area (Å²) in [4.78, 5) is 2.82. The molecule has 2 rings (SSSR count). The first-order valence-corrected chi connectivity index (χ1v) is 8.55. The van der Waals surface area contributed by atoms with Gasteiger partial charge in [0.05, 0.1) is 0 Å². The summed E-state index contributed by atoms with van der Waals surface area (Å²) in [6, 6.07) is 1.50. The molecule has 0 bridgehead atoms. The van der Waals surface area contributed by atoms with Crippen LogP contribution in [0.1, 0.15) is 59.8 Å². The Morgan fingerprint density at radius 2 is 1.74 bits per heavy atom. The van der Waals surface area contributed by atoms with Crippen molar-refractivity contribution >= 4 is 0 Å². The number of nitrogens with zero attached hydrogens (tertiary/aromatic N) is 1. The maximum Gasteiger partial charge on any atom is 0.0249 e. The fourth-order valence-electron chi connectivity index (χ4n) is 3.96. The third kappa shape index (κ3) is 4.19. The fraction of sp³-hybridized carbons (Fsp3) is 1.00. The van der Waals surface area contributed by atoms with Crippen LogP contribution in [0.2, 0.25) is 0 Å². The minimum atomic E-state index is 0.693. The van der Waals surface area contributed by atoms with E-state index in [1.165, 1.54) is 51.7 Å². The highest BCUT2D eigenvalue weighted by Crippen LogP contribution is 2.31. The molecule has 0 spiro atoms. The number of piperazine rings is 1. The average Bonchev–Trinajstić information content (AvgIpc) is 2.39. The molecular formula is C17H34N2. The van der Waals surface area contributed by atoms with Crippen LogP contribution in [-0.4, -0.2) is 36.6 Å². The van der Waals surface area contributed by atoms with Crippen molar-refractivity contribution in [3.8, 4) is 0 Å². The Balaban J connectivity index is 1.99. The summed E-state index contributed by atoms with van der Waals surface area (Å²) in [6.45, 7) is 13.2. The highest BCUT2D eigenvalue weighted by atomic mass is 15.2. The summed E-state index contributed by atoms with van der Waals surface area (Å²) < 4.78 is 0. The highest BCUT2D eigenvalue weighted by molar-refractivity contribution is 4.92. The van der Waals surface area contributed by atoms with Gasteiger partial charge < -0.3 is 5.32 Å². The minimum Gasteiger partial charge on any atom is -0.311 e. The van der Waals surface area contributed by atoms with Crippen LogP contribution in [0.3, 0.4) is 0 Å². The molecule has 0 amide bonds. The van der Waals surface area contributed by atoms with Gasteiger partial charge in [0.25, 0.3) is 0 Å². The second-order valence-electron chi connectivity index (χ2n) is 7.57. The van der Waals surface area contributed by atoms with E-state index >= 15 is 0 Å². The van der Waals surface area contributed by atoms with Gasteiger partial charge in [-0.1, -0.05) is 47.0 Å². The van der Waals surface area contributed by atoms with Crippen LogP contribution in [0.25, 0.3) is 0 Å². The quantitative estimate of drug-likeness (QED) is 0.837. The molecule has 2 heteroatoms. The van der Waals surface area contributed by atoms with Gasteiger partial charge in [-0.05, 0) is 30.6 Å². The van der Waals surface area contributed by atoms with Gasteiger partial charge in [0.15, 0.2) is 0 Å². The standard InChI is InChI=1S/C17H34N2/c1-13(2)11-19-12-16(14(3)4)18-10-17(19)15-8-6-5-7-9-15/h13-18H,5-12H2,1-4H3. The molecular weight excluding hydrogens is 232 g/mol. The molecule has 1 N–H and O–H groups in total. The summed E-state index contributed by atoms with van der Waals surface area (Å²) in [5.74, 6) is 2.49. The normalized spacial score (nSPS) is 31.3. The van der Waals surface area contributed by atoms with E-state index in [9.17, 15) is 0 Å². The van der Waals surface area contributed by atoms with Crippen LogP contribution >= 0.6 is 0 Å². The van der Waals surface area contributed by atoms with Crippen molar-refractivity contribution in [1.29, 1.82) is 0 Å². The number of hydrogen-bond acceptors (Lipinski definition) is 2. The van der Waals surface area contributed by atoms with E-state index in [1.54, 1.807) is 0 Å². The first-order valence-electron chi connectivity index (χ1n) is 8.55. The maximum absolute atomic E-state index is 3.83. The van der Waals surface area contributed by atoms with Crippen LogP contribution < -0.4 is 5.32 Å². The molecule has 1 saturated carbocycles. The van der Waals surface area contributed by atoms with Crippen LogP contribution in [-0.2, 0) is 0 Å². The molecule has 0 radical (unpaired) electrons. The Morgan fingerprint density at radius 3 is 2.32 bits per heavy atom. The summed E-state index contributed by atoms with van der Waals surface area (Å²) in [5, 5.41) is 3.83. The van der Waals surface area contributed by atoms with Gasteiger partial charge in [-0.2, -0.15) is 0 Å². The van der Waals surface area contributed by atoms with E-state index in [4.69, 9.17) is 0 Å². The molecule has 2 nitrogen and oxygen atoms in total. The lowest BCUT2D eigenvalue weighted by atomic mass is 9.81. The largest absolute Gasteiger partial charge is 0.311 e. The Hall–Kier alpha value is -0.0800. The third-order valence-corrected chi connectivity index (χ3v) is 5.09. The van der Waals surface area contributed by atoms with Crippen LogP contribution in [0.4, 0.5) is 0 Å². The van der Waals surface area contributed by atoms with Crippen molar-refractivity contribution < 1.29 is 0 Å². The second kappa shape index (κ2) is 7.08.